The predicted molar refractivity (Wildman–Crippen MR) is 93.9 cm³/mol. The quantitative estimate of drug-likeness (QED) is 0.812. The summed E-state index contributed by atoms with van der Waals surface area (Å²) in [5.41, 5.74) is 0. The first-order chi connectivity index (χ1) is 10.6. The molecule has 118 valence electrons. The fourth-order valence-electron chi connectivity index (χ4n) is 2.80. The van der Waals surface area contributed by atoms with Crippen molar-refractivity contribution in [1.82, 2.24) is 9.80 Å². The van der Waals surface area contributed by atoms with E-state index in [9.17, 15) is 4.79 Å². The maximum atomic E-state index is 12.4. The maximum absolute atomic E-state index is 12.4. The summed E-state index contributed by atoms with van der Waals surface area (Å²) in [5.74, 6) is 0.769. The first-order valence-electron chi connectivity index (χ1n) is 7.36. The number of hydrogen-bond acceptors (Lipinski definition) is 4. The molecule has 1 aliphatic heterocycles. The largest absolute Gasteiger partial charge is 0.340 e. The number of thiophene rings is 2. The van der Waals surface area contributed by atoms with Crippen LogP contribution in [0.25, 0.3) is 0 Å². The van der Waals surface area contributed by atoms with E-state index in [4.69, 9.17) is 11.6 Å². The monoisotopic (exact) mass is 354 g/mol. The summed E-state index contributed by atoms with van der Waals surface area (Å²) in [6, 6.07) is 8.17. The molecule has 0 radical (unpaired) electrons. The second kappa shape index (κ2) is 7.13. The molecule has 2 aromatic heterocycles. The van der Waals surface area contributed by atoms with Gasteiger partial charge in [0.1, 0.15) is 0 Å². The lowest BCUT2D eigenvalue weighted by Crippen LogP contribution is -2.36. The molecule has 22 heavy (non-hydrogen) atoms. The molecule has 1 saturated heterocycles. The van der Waals surface area contributed by atoms with Gasteiger partial charge < -0.3 is 4.90 Å². The van der Waals surface area contributed by atoms with Gasteiger partial charge in [-0.25, -0.2) is 0 Å². The van der Waals surface area contributed by atoms with Gasteiger partial charge in [-0.3, -0.25) is 9.69 Å². The highest BCUT2D eigenvalue weighted by Gasteiger charge is 2.26. The summed E-state index contributed by atoms with van der Waals surface area (Å²) in [7, 11) is 1.86. The van der Waals surface area contributed by atoms with Crippen molar-refractivity contribution < 1.29 is 4.79 Å². The van der Waals surface area contributed by atoms with E-state index >= 15 is 0 Å². The third kappa shape index (κ3) is 3.90. The highest BCUT2D eigenvalue weighted by molar-refractivity contribution is 7.16. The SMILES string of the molecule is CN(Cc1ccc(Cl)s1)C(=O)CN1CCC(c2cccs2)C1. The lowest BCUT2D eigenvalue weighted by Gasteiger charge is -2.21. The molecule has 1 amide bonds. The van der Waals surface area contributed by atoms with E-state index in [2.05, 4.69) is 22.4 Å². The number of hydrogen-bond donors (Lipinski definition) is 0. The Hall–Kier alpha value is -0.880. The summed E-state index contributed by atoms with van der Waals surface area (Å²) >= 11 is 9.29. The molecule has 0 N–H and O–H groups in total. The van der Waals surface area contributed by atoms with Crippen LogP contribution in [0.2, 0.25) is 4.34 Å². The molecular weight excluding hydrogens is 336 g/mol. The Morgan fingerprint density at radius 1 is 1.45 bits per heavy atom. The van der Waals surface area contributed by atoms with Crippen LogP contribution in [0.1, 0.15) is 22.1 Å². The number of nitrogens with zero attached hydrogens (tertiary/aromatic N) is 2. The van der Waals surface area contributed by atoms with Gasteiger partial charge in [0.05, 0.1) is 17.4 Å². The van der Waals surface area contributed by atoms with Gasteiger partial charge in [-0.05, 0) is 36.5 Å². The molecular formula is C16H19ClN2OS2. The highest BCUT2D eigenvalue weighted by atomic mass is 35.5. The van der Waals surface area contributed by atoms with Crippen molar-refractivity contribution >= 4 is 40.2 Å². The molecule has 3 heterocycles. The maximum Gasteiger partial charge on any atom is 0.236 e. The molecule has 3 rings (SSSR count). The Labute approximate surface area is 144 Å². The number of carbonyl (C=O) groups is 1. The van der Waals surface area contributed by atoms with Gasteiger partial charge in [-0.1, -0.05) is 17.7 Å². The molecule has 6 heteroatoms. The van der Waals surface area contributed by atoms with E-state index in [1.807, 2.05) is 30.5 Å². The normalized spacial score (nSPS) is 18.7. The third-order valence-corrected chi connectivity index (χ3v) is 6.28. The molecule has 0 bridgehead atoms. The fraction of sp³-hybridized carbons (Fsp3) is 0.438. The van der Waals surface area contributed by atoms with Gasteiger partial charge >= 0.3 is 0 Å². The van der Waals surface area contributed by atoms with Gasteiger partial charge in [0, 0.05) is 29.3 Å². The minimum absolute atomic E-state index is 0.177. The van der Waals surface area contributed by atoms with E-state index in [1.54, 1.807) is 4.90 Å². The van der Waals surface area contributed by atoms with Crippen molar-refractivity contribution in [2.45, 2.75) is 18.9 Å². The van der Waals surface area contributed by atoms with Crippen molar-refractivity contribution in [3.63, 3.8) is 0 Å². The zero-order chi connectivity index (χ0) is 15.5. The topological polar surface area (TPSA) is 23.6 Å². The van der Waals surface area contributed by atoms with Crippen LogP contribution in [0.15, 0.2) is 29.6 Å². The van der Waals surface area contributed by atoms with Crippen LogP contribution in [-0.4, -0.2) is 42.4 Å². The van der Waals surface area contributed by atoms with Gasteiger partial charge in [-0.2, -0.15) is 0 Å². The van der Waals surface area contributed by atoms with Gasteiger partial charge in [0.15, 0.2) is 0 Å². The summed E-state index contributed by atoms with van der Waals surface area (Å²) in [5, 5.41) is 2.13. The molecule has 2 aromatic rings. The summed E-state index contributed by atoms with van der Waals surface area (Å²) in [4.78, 5) is 19.0. The molecule has 0 aliphatic carbocycles. The molecule has 1 aliphatic rings. The molecule has 1 atom stereocenters. The summed E-state index contributed by atoms with van der Waals surface area (Å²) in [6.45, 7) is 3.15. The van der Waals surface area contributed by atoms with Crippen LogP contribution in [-0.2, 0) is 11.3 Å². The molecule has 0 aromatic carbocycles. The van der Waals surface area contributed by atoms with Crippen molar-refractivity contribution in [3.05, 3.63) is 43.7 Å². The number of carbonyl (C=O) groups excluding carboxylic acids is 1. The molecule has 0 saturated carbocycles. The van der Waals surface area contributed by atoms with Crippen molar-refractivity contribution in [2.75, 3.05) is 26.7 Å². The number of likely N-dealkylation sites (N-methyl/N-ethyl adjacent to an activating group) is 1. The van der Waals surface area contributed by atoms with Gasteiger partial charge in [0.2, 0.25) is 5.91 Å². The van der Waals surface area contributed by atoms with Gasteiger partial charge in [0.25, 0.3) is 0 Å². The van der Waals surface area contributed by atoms with Crippen LogP contribution >= 0.6 is 34.3 Å². The molecule has 0 spiro atoms. The highest BCUT2D eigenvalue weighted by Crippen LogP contribution is 2.30. The van der Waals surface area contributed by atoms with Crippen LogP contribution in [0, 0.1) is 0 Å². The number of rotatable bonds is 5. The average molecular weight is 355 g/mol. The van der Waals surface area contributed by atoms with E-state index in [0.29, 0.717) is 19.0 Å². The van der Waals surface area contributed by atoms with Crippen LogP contribution < -0.4 is 0 Å². The number of halogens is 1. The van der Waals surface area contributed by atoms with E-state index in [-0.39, 0.29) is 5.91 Å². The van der Waals surface area contributed by atoms with Crippen LogP contribution in [0.3, 0.4) is 0 Å². The Morgan fingerprint density at radius 3 is 3.00 bits per heavy atom. The second-order valence-corrected chi connectivity index (χ2v) is 8.47. The Kier molecular flexibility index (Phi) is 5.18. The summed E-state index contributed by atoms with van der Waals surface area (Å²) < 4.78 is 0.772. The summed E-state index contributed by atoms with van der Waals surface area (Å²) in [6.07, 6.45) is 1.15. The van der Waals surface area contributed by atoms with Crippen molar-refractivity contribution in [3.8, 4) is 0 Å². The zero-order valence-corrected chi connectivity index (χ0v) is 14.9. The minimum Gasteiger partial charge on any atom is -0.340 e. The fourth-order valence-corrected chi connectivity index (χ4v) is 4.80. The average Bonchev–Trinajstić information content (AvgIpc) is 3.20. The Bertz CT molecular complexity index is 626. The number of likely N-dealkylation sites (tertiary alicyclic amines) is 1. The standard InChI is InChI=1S/C16H19ClN2OS2/c1-18(10-13-4-5-15(17)22-13)16(20)11-19-7-6-12(9-19)14-3-2-8-21-14/h2-5,8,12H,6-7,9-11H2,1H3. The number of amides is 1. The first kappa shape index (κ1) is 16.0. The van der Waals surface area contributed by atoms with Crippen LogP contribution in [0.4, 0.5) is 0 Å². The third-order valence-electron chi connectivity index (χ3n) is 4.02. The van der Waals surface area contributed by atoms with E-state index < -0.39 is 0 Å². The van der Waals surface area contributed by atoms with Crippen molar-refractivity contribution in [1.29, 1.82) is 0 Å². The first-order valence-corrected chi connectivity index (χ1v) is 9.43. The molecule has 1 unspecified atom stereocenters. The van der Waals surface area contributed by atoms with E-state index in [1.165, 1.54) is 16.2 Å². The lowest BCUT2D eigenvalue weighted by atomic mass is 10.1. The zero-order valence-electron chi connectivity index (χ0n) is 12.5. The minimum atomic E-state index is 0.177. The van der Waals surface area contributed by atoms with E-state index in [0.717, 1.165) is 28.7 Å². The smallest absolute Gasteiger partial charge is 0.236 e. The Morgan fingerprint density at radius 2 is 2.32 bits per heavy atom. The van der Waals surface area contributed by atoms with Crippen LogP contribution in [0.5, 0.6) is 0 Å². The second-order valence-electron chi connectivity index (χ2n) is 5.69. The lowest BCUT2D eigenvalue weighted by molar-refractivity contribution is -0.131. The van der Waals surface area contributed by atoms with Crippen molar-refractivity contribution in [2.24, 2.45) is 0 Å². The predicted octanol–water partition coefficient (Wildman–Crippen LogP) is 3.91. The molecule has 1 fully saturated rings. The molecule has 3 nitrogen and oxygen atoms in total. The van der Waals surface area contributed by atoms with Gasteiger partial charge in [-0.15, -0.1) is 22.7 Å². The Balaban J connectivity index is 1.49.